The van der Waals surface area contributed by atoms with E-state index >= 15 is 0 Å². The lowest BCUT2D eigenvalue weighted by Crippen LogP contribution is -1.97. The van der Waals surface area contributed by atoms with Crippen LogP contribution in [-0.4, -0.2) is 0 Å². The molecule has 0 amide bonds. The number of hydrogen-bond donors (Lipinski definition) is 0. The van der Waals surface area contributed by atoms with Crippen molar-refractivity contribution in [2.75, 3.05) is 0 Å². The van der Waals surface area contributed by atoms with Crippen LogP contribution in [0, 0.1) is 6.07 Å². The number of benzene rings is 2. The highest BCUT2D eigenvalue weighted by atomic mass is 16.6. The Labute approximate surface area is 81.7 Å². The van der Waals surface area contributed by atoms with Gasteiger partial charge in [-0.1, -0.05) is 24.3 Å². The summed E-state index contributed by atoms with van der Waals surface area (Å²) in [7, 11) is 0. The molecule has 0 spiro atoms. The minimum Gasteiger partial charge on any atom is -0.449 e. The lowest BCUT2D eigenvalue weighted by atomic mass is 10.2. The molecule has 0 saturated carbocycles. The molecule has 14 heavy (non-hydrogen) atoms. The molecule has 1 aliphatic heterocycles. The zero-order valence-corrected chi connectivity index (χ0v) is 7.36. The topological polar surface area (TPSA) is 18.5 Å². The second kappa shape index (κ2) is 2.77. The van der Waals surface area contributed by atoms with Crippen LogP contribution in [0.25, 0.3) is 0 Å². The SMILES string of the molecule is [c]1cccc2c1Oc1ccccc1O2. The Morgan fingerprint density at radius 3 is 2.36 bits per heavy atom. The third-order valence-corrected chi connectivity index (χ3v) is 2.06. The third-order valence-electron chi connectivity index (χ3n) is 2.06. The standard InChI is InChI=1S/C12H7O2/c1-2-6-10-9(5-1)13-11-7-3-4-8-12(11)14-10/h1-7H. The molecule has 0 bridgehead atoms. The van der Waals surface area contributed by atoms with Crippen molar-refractivity contribution in [3.8, 4) is 23.0 Å². The van der Waals surface area contributed by atoms with Gasteiger partial charge in [0.2, 0.25) is 0 Å². The van der Waals surface area contributed by atoms with Gasteiger partial charge in [-0.3, -0.25) is 0 Å². The van der Waals surface area contributed by atoms with Crippen molar-refractivity contribution in [1.82, 2.24) is 0 Å². The summed E-state index contributed by atoms with van der Waals surface area (Å²) >= 11 is 0. The van der Waals surface area contributed by atoms with Crippen molar-refractivity contribution in [2.24, 2.45) is 0 Å². The van der Waals surface area contributed by atoms with Crippen LogP contribution >= 0.6 is 0 Å². The van der Waals surface area contributed by atoms with Gasteiger partial charge in [-0.25, -0.2) is 0 Å². The fraction of sp³-hybridized carbons (Fsp3) is 0. The zero-order valence-electron chi connectivity index (χ0n) is 7.36. The molecule has 1 aliphatic rings. The summed E-state index contributed by atoms with van der Waals surface area (Å²) in [6.07, 6.45) is 0. The number of ether oxygens (including phenoxy) is 2. The molecule has 0 atom stereocenters. The van der Waals surface area contributed by atoms with Crippen LogP contribution in [0.3, 0.4) is 0 Å². The second-order valence-corrected chi connectivity index (χ2v) is 3.01. The first kappa shape index (κ1) is 7.44. The zero-order chi connectivity index (χ0) is 9.38. The number of fused-ring (bicyclic) bond motifs is 2. The molecule has 3 rings (SSSR count). The van der Waals surface area contributed by atoms with Crippen LogP contribution in [0.2, 0.25) is 0 Å². The maximum Gasteiger partial charge on any atom is 0.178 e. The largest absolute Gasteiger partial charge is 0.449 e. The van der Waals surface area contributed by atoms with E-state index < -0.39 is 0 Å². The van der Waals surface area contributed by atoms with Gasteiger partial charge in [0.15, 0.2) is 23.0 Å². The molecule has 2 aromatic rings. The van der Waals surface area contributed by atoms with E-state index in [2.05, 4.69) is 6.07 Å². The predicted molar refractivity (Wildman–Crippen MR) is 51.9 cm³/mol. The summed E-state index contributed by atoms with van der Waals surface area (Å²) in [6, 6.07) is 16.1. The molecular weight excluding hydrogens is 176 g/mol. The number of para-hydroxylation sites is 3. The molecule has 0 fully saturated rings. The van der Waals surface area contributed by atoms with Gasteiger partial charge in [0.05, 0.1) is 0 Å². The Balaban J connectivity index is 2.12. The number of rotatable bonds is 0. The summed E-state index contributed by atoms with van der Waals surface area (Å²) in [6.45, 7) is 0. The maximum absolute atomic E-state index is 5.62. The molecule has 2 heteroatoms. The number of hydrogen-bond acceptors (Lipinski definition) is 2. The highest BCUT2D eigenvalue weighted by Crippen LogP contribution is 2.44. The van der Waals surface area contributed by atoms with Gasteiger partial charge in [-0.2, -0.15) is 0 Å². The van der Waals surface area contributed by atoms with E-state index in [0.29, 0.717) is 11.5 Å². The lowest BCUT2D eigenvalue weighted by molar-refractivity contribution is 0.359. The molecule has 1 radical (unpaired) electrons. The van der Waals surface area contributed by atoms with E-state index in [0.717, 1.165) is 11.5 Å². The normalized spacial score (nSPS) is 12.0. The van der Waals surface area contributed by atoms with Crippen molar-refractivity contribution in [3.05, 3.63) is 48.5 Å². The van der Waals surface area contributed by atoms with Crippen molar-refractivity contribution in [3.63, 3.8) is 0 Å². The van der Waals surface area contributed by atoms with Crippen LogP contribution in [0.15, 0.2) is 42.5 Å². The fourth-order valence-electron chi connectivity index (χ4n) is 1.41. The first-order chi connectivity index (χ1) is 6.93. The van der Waals surface area contributed by atoms with Crippen LogP contribution in [0.1, 0.15) is 0 Å². The van der Waals surface area contributed by atoms with Crippen molar-refractivity contribution in [2.45, 2.75) is 0 Å². The summed E-state index contributed by atoms with van der Waals surface area (Å²) < 4.78 is 11.2. The van der Waals surface area contributed by atoms with E-state index in [4.69, 9.17) is 9.47 Å². The van der Waals surface area contributed by atoms with Crippen LogP contribution in [0.4, 0.5) is 0 Å². The van der Waals surface area contributed by atoms with E-state index in [1.807, 2.05) is 36.4 Å². The van der Waals surface area contributed by atoms with Gasteiger partial charge >= 0.3 is 0 Å². The van der Waals surface area contributed by atoms with Gasteiger partial charge in [-0.15, -0.1) is 0 Å². The minimum absolute atomic E-state index is 0.645. The quantitative estimate of drug-likeness (QED) is 0.531. The van der Waals surface area contributed by atoms with E-state index in [9.17, 15) is 0 Å². The van der Waals surface area contributed by atoms with Crippen LogP contribution in [0.5, 0.6) is 23.0 Å². The van der Waals surface area contributed by atoms with Gasteiger partial charge in [0.25, 0.3) is 0 Å². The average Bonchev–Trinajstić information content (AvgIpc) is 2.26. The van der Waals surface area contributed by atoms with Gasteiger partial charge in [0.1, 0.15) is 0 Å². The first-order valence-electron chi connectivity index (χ1n) is 4.39. The predicted octanol–water partition coefficient (Wildman–Crippen LogP) is 3.38. The average molecular weight is 183 g/mol. The maximum atomic E-state index is 5.62. The molecule has 1 heterocycles. The molecule has 2 aromatic carbocycles. The third kappa shape index (κ3) is 1.04. The van der Waals surface area contributed by atoms with Gasteiger partial charge in [-0.05, 0) is 18.2 Å². The molecule has 0 unspecified atom stereocenters. The lowest BCUT2D eigenvalue weighted by Gasteiger charge is -2.19. The molecule has 0 saturated heterocycles. The van der Waals surface area contributed by atoms with Crippen LogP contribution < -0.4 is 9.47 Å². The summed E-state index contributed by atoms with van der Waals surface area (Å²) in [5, 5.41) is 0. The fourth-order valence-corrected chi connectivity index (χ4v) is 1.41. The Morgan fingerprint density at radius 2 is 1.50 bits per heavy atom. The Morgan fingerprint density at radius 1 is 0.786 bits per heavy atom. The molecule has 0 aromatic heterocycles. The van der Waals surface area contributed by atoms with Crippen molar-refractivity contribution in [1.29, 1.82) is 0 Å². The Hall–Kier alpha value is -1.96. The van der Waals surface area contributed by atoms with Gasteiger partial charge in [0, 0.05) is 6.07 Å². The van der Waals surface area contributed by atoms with Crippen molar-refractivity contribution >= 4 is 0 Å². The highest BCUT2D eigenvalue weighted by Gasteiger charge is 2.16. The summed E-state index contributed by atoms with van der Waals surface area (Å²) in [4.78, 5) is 0. The summed E-state index contributed by atoms with van der Waals surface area (Å²) in [5.41, 5.74) is 0. The minimum atomic E-state index is 0.645. The molecule has 0 aliphatic carbocycles. The Bertz CT molecular complexity index is 390. The molecule has 67 valence electrons. The van der Waals surface area contributed by atoms with Crippen molar-refractivity contribution < 1.29 is 9.47 Å². The second-order valence-electron chi connectivity index (χ2n) is 3.01. The van der Waals surface area contributed by atoms with Gasteiger partial charge < -0.3 is 9.47 Å². The Kier molecular flexibility index (Phi) is 1.47. The monoisotopic (exact) mass is 183 g/mol. The van der Waals surface area contributed by atoms with E-state index in [1.54, 1.807) is 6.07 Å². The smallest absolute Gasteiger partial charge is 0.178 e. The van der Waals surface area contributed by atoms with Crippen LogP contribution in [-0.2, 0) is 0 Å². The summed E-state index contributed by atoms with van der Waals surface area (Å²) in [5.74, 6) is 2.85. The molecule has 2 nitrogen and oxygen atoms in total. The highest BCUT2D eigenvalue weighted by molar-refractivity contribution is 5.53. The first-order valence-corrected chi connectivity index (χ1v) is 4.39. The van der Waals surface area contributed by atoms with E-state index in [1.165, 1.54) is 0 Å². The van der Waals surface area contributed by atoms with E-state index in [-0.39, 0.29) is 0 Å². The molecular formula is C12H7O2. The molecule has 0 N–H and O–H groups in total.